The molecule has 0 aliphatic rings. The Balaban J connectivity index is 1.66. The molecule has 3 aromatic rings. The largest absolute Gasteiger partial charge is 0.351 e. The number of hydrogen-bond donors (Lipinski definition) is 3. The number of benzene rings is 2. The number of para-hydroxylation sites is 2. The average molecular weight is 353 g/mol. The summed E-state index contributed by atoms with van der Waals surface area (Å²) in [4.78, 5) is 35.4. The van der Waals surface area contributed by atoms with Gasteiger partial charge in [0.15, 0.2) is 0 Å². The standard InChI is InChI=1S/C18H19N5O3/c1-22-14-4-2-3-5-15(14)23(18(22)26)11-16(24)20-10-12-6-8-13(9-7-12)21-17(19)25/h2-9H,10-11H2,1H3,(H,20,24)(H3,19,21,25). The SMILES string of the molecule is Cn1c(=O)n(CC(=O)NCc2ccc(NC(N)=O)cc2)c2ccccc21. The Labute approximate surface area is 149 Å². The summed E-state index contributed by atoms with van der Waals surface area (Å²) < 4.78 is 2.97. The summed E-state index contributed by atoms with van der Waals surface area (Å²) in [6.07, 6.45) is 0. The molecule has 3 amide bonds. The van der Waals surface area contributed by atoms with Gasteiger partial charge in [0.05, 0.1) is 11.0 Å². The highest BCUT2D eigenvalue weighted by Gasteiger charge is 2.12. The topological polar surface area (TPSA) is 111 Å². The molecule has 0 atom stereocenters. The van der Waals surface area contributed by atoms with Crippen molar-refractivity contribution in [2.75, 3.05) is 5.32 Å². The van der Waals surface area contributed by atoms with E-state index in [0.717, 1.165) is 16.6 Å². The fourth-order valence-corrected chi connectivity index (χ4v) is 2.76. The first-order valence-corrected chi connectivity index (χ1v) is 8.02. The van der Waals surface area contributed by atoms with Gasteiger partial charge >= 0.3 is 11.7 Å². The van der Waals surface area contributed by atoms with E-state index in [0.29, 0.717) is 12.2 Å². The molecule has 26 heavy (non-hydrogen) atoms. The zero-order valence-corrected chi connectivity index (χ0v) is 14.2. The summed E-state index contributed by atoms with van der Waals surface area (Å²) in [5.41, 5.74) is 7.76. The number of carbonyl (C=O) groups excluding carboxylic acids is 2. The van der Waals surface area contributed by atoms with Gasteiger partial charge in [-0.25, -0.2) is 9.59 Å². The number of aryl methyl sites for hydroxylation is 1. The lowest BCUT2D eigenvalue weighted by atomic mass is 10.2. The average Bonchev–Trinajstić information content (AvgIpc) is 2.86. The van der Waals surface area contributed by atoms with E-state index >= 15 is 0 Å². The zero-order valence-electron chi connectivity index (χ0n) is 14.2. The number of imidazole rings is 1. The van der Waals surface area contributed by atoms with Gasteiger partial charge in [-0.2, -0.15) is 0 Å². The Morgan fingerprint density at radius 1 is 1.04 bits per heavy atom. The molecule has 0 unspecified atom stereocenters. The molecule has 0 bridgehead atoms. The molecule has 1 heterocycles. The van der Waals surface area contributed by atoms with Crippen LogP contribution < -0.4 is 22.1 Å². The minimum absolute atomic E-state index is 0.0541. The maximum Gasteiger partial charge on any atom is 0.329 e. The van der Waals surface area contributed by atoms with Crippen molar-refractivity contribution < 1.29 is 9.59 Å². The van der Waals surface area contributed by atoms with Gasteiger partial charge in [-0.3, -0.25) is 13.9 Å². The quantitative estimate of drug-likeness (QED) is 0.640. The fourth-order valence-electron chi connectivity index (χ4n) is 2.76. The highest BCUT2D eigenvalue weighted by molar-refractivity contribution is 5.87. The van der Waals surface area contributed by atoms with Crippen molar-refractivity contribution in [2.24, 2.45) is 12.8 Å². The fraction of sp³-hybridized carbons (Fsp3) is 0.167. The summed E-state index contributed by atoms with van der Waals surface area (Å²) in [5, 5.41) is 5.26. The first kappa shape index (κ1) is 17.3. The number of urea groups is 1. The van der Waals surface area contributed by atoms with Gasteiger partial charge in [0.2, 0.25) is 5.91 Å². The van der Waals surface area contributed by atoms with Crippen LogP contribution in [0.4, 0.5) is 10.5 Å². The van der Waals surface area contributed by atoms with Crippen molar-refractivity contribution in [3.05, 3.63) is 64.6 Å². The Bertz CT molecular complexity index is 1020. The van der Waals surface area contributed by atoms with Crippen LogP contribution in [0.2, 0.25) is 0 Å². The first-order valence-electron chi connectivity index (χ1n) is 8.02. The van der Waals surface area contributed by atoms with Crippen LogP contribution in [-0.4, -0.2) is 21.1 Å². The Hall–Kier alpha value is -3.55. The molecule has 0 aliphatic heterocycles. The summed E-state index contributed by atoms with van der Waals surface area (Å²) in [6, 6.07) is 13.6. The third kappa shape index (κ3) is 3.59. The molecule has 3 rings (SSSR count). The number of rotatable bonds is 5. The molecule has 134 valence electrons. The highest BCUT2D eigenvalue weighted by Crippen LogP contribution is 2.11. The third-order valence-corrected chi connectivity index (χ3v) is 4.06. The number of nitrogens with zero attached hydrogens (tertiary/aromatic N) is 2. The second-order valence-electron chi connectivity index (χ2n) is 5.88. The molecule has 1 aromatic heterocycles. The van der Waals surface area contributed by atoms with Gasteiger partial charge in [-0.15, -0.1) is 0 Å². The predicted molar refractivity (Wildman–Crippen MR) is 98.7 cm³/mol. The van der Waals surface area contributed by atoms with Crippen molar-refractivity contribution in [1.29, 1.82) is 0 Å². The van der Waals surface area contributed by atoms with Gasteiger partial charge in [0.1, 0.15) is 6.54 Å². The van der Waals surface area contributed by atoms with Gasteiger partial charge in [0, 0.05) is 19.3 Å². The molecular weight excluding hydrogens is 334 g/mol. The van der Waals surface area contributed by atoms with Crippen molar-refractivity contribution in [1.82, 2.24) is 14.5 Å². The van der Waals surface area contributed by atoms with Gasteiger partial charge < -0.3 is 16.4 Å². The van der Waals surface area contributed by atoms with Crippen LogP contribution >= 0.6 is 0 Å². The van der Waals surface area contributed by atoms with E-state index in [9.17, 15) is 14.4 Å². The number of aromatic nitrogens is 2. The van der Waals surface area contributed by atoms with Crippen molar-refractivity contribution >= 4 is 28.7 Å². The maximum absolute atomic E-state index is 12.3. The summed E-state index contributed by atoms with van der Waals surface area (Å²) >= 11 is 0. The lowest BCUT2D eigenvalue weighted by Gasteiger charge is -2.07. The van der Waals surface area contributed by atoms with Crippen LogP contribution in [0.15, 0.2) is 53.3 Å². The monoisotopic (exact) mass is 353 g/mol. The van der Waals surface area contributed by atoms with Crippen molar-refractivity contribution in [3.63, 3.8) is 0 Å². The number of nitrogens with two attached hydrogens (primary N) is 1. The number of fused-ring (bicyclic) bond motifs is 1. The van der Waals surface area contributed by atoms with Crippen LogP contribution in [0.1, 0.15) is 5.56 Å². The Morgan fingerprint density at radius 3 is 2.35 bits per heavy atom. The second kappa shape index (κ2) is 7.14. The van der Waals surface area contributed by atoms with Crippen LogP contribution in [0.25, 0.3) is 11.0 Å². The molecular formula is C18H19N5O3. The molecule has 8 heteroatoms. The lowest BCUT2D eigenvalue weighted by Crippen LogP contribution is -2.32. The molecule has 4 N–H and O–H groups in total. The Morgan fingerprint density at radius 2 is 1.69 bits per heavy atom. The van der Waals surface area contributed by atoms with Gasteiger partial charge in [0.25, 0.3) is 0 Å². The lowest BCUT2D eigenvalue weighted by molar-refractivity contribution is -0.121. The number of anilines is 1. The van der Waals surface area contributed by atoms with E-state index in [2.05, 4.69) is 10.6 Å². The molecule has 8 nitrogen and oxygen atoms in total. The minimum atomic E-state index is -0.633. The van der Waals surface area contributed by atoms with Crippen molar-refractivity contribution in [3.8, 4) is 0 Å². The molecule has 2 aromatic carbocycles. The number of nitrogens with one attached hydrogen (secondary N) is 2. The smallest absolute Gasteiger partial charge is 0.329 e. The van der Waals surface area contributed by atoms with Crippen LogP contribution in [0.5, 0.6) is 0 Å². The van der Waals surface area contributed by atoms with E-state index in [1.54, 1.807) is 31.3 Å². The molecule has 0 saturated carbocycles. The van der Waals surface area contributed by atoms with E-state index in [1.807, 2.05) is 24.3 Å². The first-order chi connectivity index (χ1) is 12.5. The number of amides is 3. The maximum atomic E-state index is 12.3. The number of carbonyl (C=O) groups is 2. The minimum Gasteiger partial charge on any atom is -0.351 e. The highest BCUT2D eigenvalue weighted by atomic mass is 16.2. The third-order valence-electron chi connectivity index (χ3n) is 4.06. The normalized spacial score (nSPS) is 10.7. The number of hydrogen-bond acceptors (Lipinski definition) is 3. The molecule has 0 fully saturated rings. The summed E-state index contributed by atoms with van der Waals surface area (Å²) in [5.74, 6) is -0.261. The Kier molecular flexibility index (Phi) is 4.74. The second-order valence-corrected chi connectivity index (χ2v) is 5.88. The van der Waals surface area contributed by atoms with E-state index in [4.69, 9.17) is 5.73 Å². The van der Waals surface area contributed by atoms with E-state index < -0.39 is 6.03 Å². The molecule has 0 aliphatic carbocycles. The summed E-state index contributed by atoms with van der Waals surface area (Å²) in [6.45, 7) is 0.261. The zero-order chi connectivity index (χ0) is 18.7. The molecule has 0 saturated heterocycles. The van der Waals surface area contributed by atoms with Gasteiger partial charge in [-0.05, 0) is 29.8 Å². The molecule has 0 spiro atoms. The van der Waals surface area contributed by atoms with Crippen molar-refractivity contribution in [2.45, 2.75) is 13.1 Å². The van der Waals surface area contributed by atoms with E-state index in [1.165, 1.54) is 9.13 Å². The molecule has 0 radical (unpaired) electrons. The number of primary amides is 1. The van der Waals surface area contributed by atoms with Crippen LogP contribution in [0.3, 0.4) is 0 Å². The predicted octanol–water partition coefficient (Wildman–Crippen LogP) is 1.15. The van der Waals surface area contributed by atoms with Gasteiger partial charge in [-0.1, -0.05) is 24.3 Å². The van der Waals surface area contributed by atoms with Crippen LogP contribution in [0, 0.1) is 0 Å². The van der Waals surface area contributed by atoms with Crippen LogP contribution in [-0.2, 0) is 24.9 Å². The van der Waals surface area contributed by atoms with E-state index in [-0.39, 0.29) is 18.1 Å². The summed E-state index contributed by atoms with van der Waals surface area (Å²) in [7, 11) is 1.68.